The van der Waals surface area contributed by atoms with Crippen LogP contribution in [0.2, 0.25) is 0 Å². The number of nitrogens with zero attached hydrogens (tertiary/aromatic N) is 1. The molecule has 3 aliphatic rings. The van der Waals surface area contributed by atoms with Crippen LogP contribution in [0.25, 0.3) is 6.08 Å². The lowest BCUT2D eigenvalue weighted by molar-refractivity contribution is -0.132. The number of barbiturate groups is 1. The molecule has 186 valence electrons. The summed E-state index contributed by atoms with van der Waals surface area (Å²) in [7, 11) is 0. The van der Waals surface area contributed by atoms with Gasteiger partial charge in [-0.15, -0.1) is 0 Å². The molecule has 3 atom stereocenters. The number of halogens is 1. The van der Waals surface area contributed by atoms with E-state index in [0.29, 0.717) is 35.3 Å². The maximum absolute atomic E-state index is 13.3. The molecule has 2 saturated carbocycles. The summed E-state index contributed by atoms with van der Waals surface area (Å²) < 4.78 is 12.0. The average Bonchev–Trinajstić information content (AvgIpc) is 3.47. The lowest BCUT2D eigenvalue weighted by atomic mass is 9.93. The third-order valence-electron chi connectivity index (χ3n) is 7.03. The zero-order chi connectivity index (χ0) is 25.4. The summed E-state index contributed by atoms with van der Waals surface area (Å²) in [5.41, 5.74) is 0.767. The summed E-state index contributed by atoms with van der Waals surface area (Å²) in [5, 5.41) is 2.32. The van der Waals surface area contributed by atoms with E-state index in [2.05, 4.69) is 21.2 Å². The summed E-state index contributed by atoms with van der Waals surface area (Å²) in [6.07, 6.45) is 5.38. The number of fused-ring (bicyclic) bond motifs is 2. The first-order chi connectivity index (χ1) is 17.3. The summed E-state index contributed by atoms with van der Waals surface area (Å²) in [6, 6.07) is 10.7. The number of nitrogens with one attached hydrogen (secondary N) is 1. The van der Waals surface area contributed by atoms with Crippen molar-refractivity contribution in [3.63, 3.8) is 0 Å². The number of amides is 4. The summed E-state index contributed by atoms with van der Waals surface area (Å²) >= 11 is 3.33. The van der Waals surface area contributed by atoms with E-state index in [0.717, 1.165) is 30.2 Å². The van der Waals surface area contributed by atoms with Crippen molar-refractivity contribution in [2.75, 3.05) is 6.61 Å². The number of urea groups is 1. The third-order valence-corrected chi connectivity index (χ3v) is 7.56. The summed E-state index contributed by atoms with van der Waals surface area (Å²) in [5.74, 6) is -0.517. The Kier molecular flexibility index (Phi) is 6.66. The highest BCUT2D eigenvalue weighted by Crippen LogP contribution is 2.47. The molecule has 5 rings (SSSR count). The standard InChI is InChI=1S/C27H25BrN2O6/c1-2-35-23-14-16(4-10-22(23)36-26(33)17-6-8-19(28)9-7-17)12-20-24(31)29-27(34)30(25(20)32)21-13-15-3-5-18(21)11-15/h4,6-10,12,14-15,18,21H,2-3,5,11,13H2,1H3,(H,29,31,34)/b20-12+/t15-,18-,21-/m0/s1. The van der Waals surface area contributed by atoms with E-state index in [1.807, 2.05) is 0 Å². The van der Waals surface area contributed by atoms with Crippen molar-refractivity contribution < 1.29 is 28.7 Å². The second-order valence-electron chi connectivity index (χ2n) is 9.27. The van der Waals surface area contributed by atoms with Gasteiger partial charge in [-0.1, -0.05) is 28.4 Å². The zero-order valence-electron chi connectivity index (χ0n) is 19.7. The van der Waals surface area contributed by atoms with E-state index in [4.69, 9.17) is 9.47 Å². The fraction of sp³-hybridized carbons (Fsp3) is 0.333. The first-order valence-corrected chi connectivity index (χ1v) is 12.8. The molecule has 0 radical (unpaired) electrons. The Morgan fingerprint density at radius 2 is 1.86 bits per heavy atom. The summed E-state index contributed by atoms with van der Waals surface area (Å²) in [6.45, 7) is 2.11. The Morgan fingerprint density at radius 1 is 1.08 bits per heavy atom. The zero-order valence-corrected chi connectivity index (χ0v) is 21.2. The molecule has 36 heavy (non-hydrogen) atoms. The Bertz CT molecular complexity index is 1270. The number of hydrogen-bond donors (Lipinski definition) is 1. The molecular formula is C27H25BrN2O6. The fourth-order valence-electron chi connectivity index (χ4n) is 5.38. The largest absolute Gasteiger partial charge is 0.490 e. The van der Waals surface area contributed by atoms with Crippen LogP contribution in [0, 0.1) is 11.8 Å². The quantitative estimate of drug-likeness (QED) is 0.241. The molecule has 8 nitrogen and oxygen atoms in total. The number of ether oxygens (including phenoxy) is 2. The summed E-state index contributed by atoms with van der Waals surface area (Å²) in [4.78, 5) is 52.3. The molecule has 1 N–H and O–H groups in total. The first-order valence-electron chi connectivity index (χ1n) is 12.0. The number of carbonyl (C=O) groups excluding carboxylic acids is 4. The van der Waals surface area contributed by atoms with Gasteiger partial charge < -0.3 is 9.47 Å². The highest BCUT2D eigenvalue weighted by Gasteiger charge is 2.49. The molecular weight excluding hydrogens is 528 g/mol. The number of carbonyl (C=O) groups is 4. The van der Waals surface area contributed by atoms with Gasteiger partial charge in [-0.05, 0) is 86.1 Å². The number of hydrogen-bond acceptors (Lipinski definition) is 6. The van der Waals surface area contributed by atoms with Gasteiger partial charge in [0.25, 0.3) is 11.8 Å². The molecule has 1 saturated heterocycles. The molecule has 9 heteroatoms. The minimum absolute atomic E-state index is 0.112. The lowest BCUT2D eigenvalue weighted by Crippen LogP contribution is -2.58. The normalized spacial score (nSPS) is 24.3. The topological polar surface area (TPSA) is 102 Å². The second-order valence-corrected chi connectivity index (χ2v) is 10.2. The molecule has 4 amide bonds. The van der Waals surface area contributed by atoms with Crippen molar-refractivity contribution in [1.29, 1.82) is 0 Å². The van der Waals surface area contributed by atoms with Crippen LogP contribution in [0.5, 0.6) is 11.5 Å². The van der Waals surface area contributed by atoms with Crippen molar-refractivity contribution in [3.8, 4) is 11.5 Å². The van der Waals surface area contributed by atoms with Crippen molar-refractivity contribution in [2.24, 2.45) is 11.8 Å². The number of imide groups is 2. The van der Waals surface area contributed by atoms with Crippen LogP contribution in [0.3, 0.4) is 0 Å². The van der Waals surface area contributed by atoms with Crippen LogP contribution in [-0.2, 0) is 9.59 Å². The van der Waals surface area contributed by atoms with E-state index in [9.17, 15) is 19.2 Å². The van der Waals surface area contributed by atoms with E-state index < -0.39 is 23.8 Å². The van der Waals surface area contributed by atoms with Gasteiger partial charge in [0.1, 0.15) is 5.57 Å². The molecule has 1 heterocycles. The van der Waals surface area contributed by atoms with Crippen molar-refractivity contribution in [3.05, 3.63) is 63.6 Å². The molecule has 0 aromatic heterocycles. The SMILES string of the molecule is CCOc1cc(/C=C2\C(=O)NC(=O)N([C@H]3C[C@H]4CC[C@H]3C4)C2=O)ccc1OC(=O)c1ccc(Br)cc1. The predicted octanol–water partition coefficient (Wildman–Crippen LogP) is 4.72. The van der Waals surface area contributed by atoms with Gasteiger partial charge in [0.05, 0.1) is 12.2 Å². The van der Waals surface area contributed by atoms with Crippen LogP contribution >= 0.6 is 15.9 Å². The average molecular weight is 553 g/mol. The number of benzene rings is 2. The Hall–Kier alpha value is -3.46. The molecule has 0 unspecified atom stereocenters. The Labute approximate surface area is 216 Å². The molecule has 2 aromatic rings. The van der Waals surface area contributed by atoms with E-state index >= 15 is 0 Å². The van der Waals surface area contributed by atoms with Gasteiger partial charge >= 0.3 is 12.0 Å². The van der Waals surface area contributed by atoms with Crippen molar-refractivity contribution >= 4 is 45.8 Å². The lowest BCUT2D eigenvalue weighted by Gasteiger charge is -2.35. The number of rotatable bonds is 6. The monoisotopic (exact) mass is 552 g/mol. The Balaban J connectivity index is 1.40. The van der Waals surface area contributed by atoms with Crippen molar-refractivity contribution in [2.45, 2.75) is 38.6 Å². The van der Waals surface area contributed by atoms with Gasteiger partial charge in [-0.3, -0.25) is 19.8 Å². The van der Waals surface area contributed by atoms with Gasteiger partial charge in [0, 0.05) is 10.5 Å². The molecule has 1 aliphatic heterocycles. The van der Waals surface area contributed by atoms with E-state index in [1.165, 1.54) is 11.0 Å². The van der Waals surface area contributed by atoms with Gasteiger partial charge in [-0.2, -0.15) is 0 Å². The van der Waals surface area contributed by atoms with Crippen LogP contribution in [0.4, 0.5) is 4.79 Å². The Morgan fingerprint density at radius 3 is 2.53 bits per heavy atom. The van der Waals surface area contributed by atoms with Crippen LogP contribution < -0.4 is 14.8 Å². The second kappa shape index (κ2) is 9.89. The third kappa shape index (κ3) is 4.67. The highest BCUT2D eigenvalue weighted by molar-refractivity contribution is 9.10. The van der Waals surface area contributed by atoms with Gasteiger partial charge in [-0.25, -0.2) is 9.59 Å². The maximum Gasteiger partial charge on any atom is 0.343 e. The smallest absolute Gasteiger partial charge is 0.343 e. The van der Waals surface area contributed by atoms with Crippen LogP contribution in [0.15, 0.2) is 52.5 Å². The minimum atomic E-state index is -0.729. The van der Waals surface area contributed by atoms with Crippen LogP contribution in [0.1, 0.15) is 48.5 Å². The highest BCUT2D eigenvalue weighted by atomic mass is 79.9. The van der Waals surface area contributed by atoms with Gasteiger partial charge in [0.2, 0.25) is 0 Å². The molecule has 2 aliphatic carbocycles. The van der Waals surface area contributed by atoms with Crippen molar-refractivity contribution in [1.82, 2.24) is 10.2 Å². The fourth-order valence-corrected chi connectivity index (χ4v) is 5.64. The number of esters is 1. The van der Waals surface area contributed by atoms with Gasteiger partial charge in [0.15, 0.2) is 11.5 Å². The van der Waals surface area contributed by atoms with E-state index in [1.54, 1.807) is 49.4 Å². The molecule has 2 bridgehead atoms. The maximum atomic E-state index is 13.3. The molecule has 3 fully saturated rings. The molecule has 2 aromatic carbocycles. The van der Waals surface area contributed by atoms with Crippen LogP contribution in [-0.4, -0.2) is 41.4 Å². The predicted molar refractivity (Wildman–Crippen MR) is 134 cm³/mol. The first kappa shape index (κ1) is 24.2. The minimum Gasteiger partial charge on any atom is -0.490 e. The van der Waals surface area contributed by atoms with E-state index in [-0.39, 0.29) is 17.4 Å². The molecule has 0 spiro atoms.